The molecule has 0 unspecified atom stereocenters. The summed E-state index contributed by atoms with van der Waals surface area (Å²) in [5, 5.41) is 2.84. The monoisotopic (exact) mass is 323 g/mol. The van der Waals surface area contributed by atoms with Crippen molar-refractivity contribution in [3.63, 3.8) is 0 Å². The molecule has 3 aromatic rings. The van der Waals surface area contributed by atoms with Crippen LogP contribution in [-0.2, 0) is 11.2 Å². The van der Waals surface area contributed by atoms with Crippen LogP contribution >= 0.6 is 0 Å². The second-order valence-electron chi connectivity index (χ2n) is 5.52. The van der Waals surface area contributed by atoms with Gasteiger partial charge in [-0.25, -0.2) is 9.37 Å². The fraction of sp³-hybridized carbons (Fsp3) is 0.158. The third kappa shape index (κ3) is 3.51. The van der Waals surface area contributed by atoms with E-state index in [4.69, 9.17) is 0 Å². The zero-order valence-electron chi connectivity index (χ0n) is 13.4. The maximum Gasteiger partial charge on any atom is 0.246 e. The Morgan fingerprint density at radius 3 is 2.88 bits per heavy atom. The lowest BCUT2D eigenvalue weighted by Gasteiger charge is -2.06. The lowest BCUT2D eigenvalue weighted by molar-refractivity contribution is -0.117. The average Bonchev–Trinajstić information content (AvgIpc) is 3.00. The fourth-order valence-electron chi connectivity index (χ4n) is 2.50. The van der Waals surface area contributed by atoms with Crippen molar-refractivity contribution in [3.8, 4) is 0 Å². The molecule has 0 aliphatic heterocycles. The van der Waals surface area contributed by atoms with Crippen LogP contribution in [0.1, 0.15) is 18.3 Å². The normalized spacial score (nSPS) is 11.7. The summed E-state index contributed by atoms with van der Waals surface area (Å²) >= 11 is 0. The number of hydrogen-bond donors (Lipinski definition) is 1. The molecule has 0 atom stereocenters. The van der Waals surface area contributed by atoms with E-state index in [9.17, 15) is 9.18 Å². The smallest absolute Gasteiger partial charge is 0.246 e. The molecule has 3 rings (SSSR count). The Morgan fingerprint density at radius 1 is 1.25 bits per heavy atom. The number of carbonyl (C=O) groups excluding carboxylic acids is 1. The van der Waals surface area contributed by atoms with Gasteiger partial charge in [-0.05, 0) is 31.2 Å². The molecule has 2 heterocycles. The number of pyridine rings is 1. The predicted molar refractivity (Wildman–Crippen MR) is 92.0 cm³/mol. The summed E-state index contributed by atoms with van der Waals surface area (Å²) in [6.07, 6.45) is 5.93. The maximum absolute atomic E-state index is 13.6. The second-order valence-corrected chi connectivity index (χ2v) is 5.52. The minimum Gasteiger partial charge on any atom is -0.352 e. The van der Waals surface area contributed by atoms with E-state index in [1.807, 2.05) is 28.8 Å². The summed E-state index contributed by atoms with van der Waals surface area (Å²) in [6.45, 7) is 2.14. The summed E-state index contributed by atoms with van der Waals surface area (Å²) in [4.78, 5) is 16.5. The highest BCUT2D eigenvalue weighted by Crippen LogP contribution is 2.11. The molecule has 0 aliphatic carbocycles. The molecule has 0 saturated heterocycles. The number of amides is 1. The molecule has 0 bridgehead atoms. The van der Waals surface area contributed by atoms with E-state index in [2.05, 4.69) is 10.3 Å². The third-order valence-corrected chi connectivity index (χ3v) is 3.78. The quantitative estimate of drug-likeness (QED) is 0.733. The van der Waals surface area contributed by atoms with Crippen molar-refractivity contribution in [2.75, 3.05) is 6.54 Å². The van der Waals surface area contributed by atoms with Crippen LogP contribution in [0.25, 0.3) is 11.6 Å². The summed E-state index contributed by atoms with van der Waals surface area (Å²) < 4.78 is 15.6. The van der Waals surface area contributed by atoms with Crippen molar-refractivity contribution >= 4 is 17.5 Å². The van der Waals surface area contributed by atoms with Gasteiger partial charge in [0.2, 0.25) is 5.91 Å². The molecule has 0 aliphatic rings. The number of halogens is 1. The lowest BCUT2D eigenvalue weighted by Crippen LogP contribution is -2.26. The number of carbonyl (C=O) groups is 1. The zero-order valence-corrected chi connectivity index (χ0v) is 13.4. The van der Waals surface area contributed by atoms with Crippen LogP contribution in [0.2, 0.25) is 0 Å². The first-order valence-electron chi connectivity index (χ1n) is 7.77. The number of imidazole rings is 1. The minimum absolute atomic E-state index is 0.209. The molecule has 1 aromatic carbocycles. The van der Waals surface area contributed by atoms with Crippen LogP contribution in [0.5, 0.6) is 0 Å². The number of hydrogen-bond acceptors (Lipinski definition) is 2. The van der Waals surface area contributed by atoms with E-state index in [0.717, 1.165) is 11.3 Å². The molecule has 0 radical (unpaired) electrons. The van der Waals surface area contributed by atoms with E-state index >= 15 is 0 Å². The molecular weight excluding hydrogens is 305 g/mol. The van der Waals surface area contributed by atoms with Gasteiger partial charge in [0.1, 0.15) is 11.6 Å². The number of aromatic nitrogens is 2. The molecule has 0 fully saturated rings. The first kappa shape index (κ1) is 15.9. The van der Waals surface area contributed by atoms with Crippen LogP contribution < -0.4 is 5.32 Å². The minimum atomic E-state index is -0.339. The van der Waals surface area contributed by atoms with Gasteiger partial charge in [0.25, 0.3) is 0 Å². The Morgan fingerprint density at radius 2 is 2.04 bits per heavy atom. The van der Waals surface area contributed by atoms with Crippen molar-refractivity contribution in [2.45, 2.75) is 13.3 Å². The van der Waals surface area contributed by atoms with Crippen molar-refractivity contribution in [2.24, 2.45) is 0 Å². The van der Waals surface area contributed by atoms with Crippen LogP contribution in [0, 0.1) is 5.82 Å². The molecular formula is C19H18FN3O. The number of nitrogens with one attached hydrogen (secondary N) is 1. The van der Waals surface area contributed by atoms with Gasteiger partial charge in [-0.2, -0.15) is 0 Å². The predicted octanol–water partition coefficient (Wildman–Crippen LogP) is 3.24. The molecule has 0 spiro atoms. The second kappa shape index (κ2) is 7.08. The highest BCUT2D eigenvalue weighted by atomic mass is 19.1. The molecule has 4 nitrogen and oxygen atoms in total. The van der Waals surface area contributed by atoms with E-state index in [1.54, 1.807) is 37.4 Å². The van der Waals surface area contributed by atoms with Crippen LogP contribution in [0.4, 0.5) is 4.39 Å². The van der Waals surface area contributed by atoms with Gasteiger partial charge >= 0.3 is 0 Å². The number of nitrogens with zero attached hydrogens (tertiary/aromatic N) is 2. The Balaban J connectivity index is 1.60. The number of rotatable bonds is 5. The molecule has 5 heteroatoms. The highest BCUT2D eigenvalue weighted by molar-refractivity contribution is 5.97. The molecule has 1 N–H and O–H groups in total. The summed E-state index contributed by atoms with van der Waals surface area (Å²) in [5.74, 6) is 0.342. The van der Waals surface area contributed by atoms with E-state index in [0.29, 0.717) is 24.1 Å². The van der Waals surface area contributed by atoms with Gasteiger partial charge in [-0.1, -0.05) is 24.3 Å². The highest BCUT2D eigenvalue weighted by Gasteiger charge is 2.07. The zero-order chi connectivity index (χ0) is 16.9. The van der Waals surface area contributed by atoms with Gasteiger partial charge in [-0.3, -0.25) is 4.79 Å². The molecule has 122 valence electrons. The van der Waals surface area contributed by atoms with Crippen LogP contribution in [0.3, 0.4) is 0 Å². The fourth-order valence-corrected chi connectivity index (χ4v) is 2.50. The number of fused-ring (bicyclic) bond motifs is 1. The van der Waals surface area contributed by atoms with Gasteiger partial charge < -0.3 is 9.72 Å². The topological polar surface area (TPSA) is 46.4 Å². The Bertz CT molecular complexity index is 898. The van der Waals surface area contributed by atoms with Gasteiger partial charge in [-0.15, -0.1) is 0 Å². The maximum atomic E-state index is 13.6. The van der Waals surface area contributed by atoms with Crippen molar-refractivity contribution < 1.29 is 9.18 Å². The summed E-state index contributed by atoms with van der Waals surface area (Å²) in [6, 6.07) is 12.3. The van der Waals surface area contributed by atoms with E-state index < -0.39 is 0 Å². The van der Waals surface area contributed by atoms with Gasteiger partial charge in [0.05, 0.1) is 11.7 Å². The van der Waals surface area contributed by atoms with Crippen molar-refractivity contribution in [3.05, 3.63) is 77.6 Å². The standard InChI is InChI=1S/C19H18FN3O/c1-14(12-15-6-2-3-8-17(15)20)19(24)21-10-9-18-22-13-16-7-4-5-11-23(16)18/h2-8,11-13H,9-10H2,1H3,(H,21,24)/b14-12+. The first-order chi connectivity index (χ1) is 11.6. The Labute approximate surface area is 139 Å². The van der Waals surface area contributed by atoms with Crippen molar-refractivity contribution in [1.29, 1.82) is 0 Å². The average molecular weight is 323 g/mol. The largest absolute Gasteiger partial charge is 0.352 e. The first-order valence-corrected chi connectivity index (χ1v) is 7.77. The third-order valence-electron chi connectivity index (χ3n) is 3.78. The Kier molecular flexibility index (Phi) is 4.70. The van der Waals surface area contributed by atoms with Crippen LogP contribution in [0.15, 0.2) is 60.4 Å². The SMILES string of the molecule is C/C(=C\c1ccccc1F)C(=O)NCCc1ncc2ccccn12. The molecule has 0 saturated carbocycles. The lowest BCUT2D eigenvalue weighted by atomic mass is 10.1. The Hall–Kier alpha value is -2.95. The van der Waals surface area contributed by atoms with Crippen molar-refractivity contribution in [1.82, 2.24) is 14.7 Å². The van der Waals surface area contributed by atoms with Gasteiger partial charge in [0, 0.05) is 30.3 Å². The van der Waals surface area contributed by atoms with Gasteiger partial charge in [0.15, 0.2) is 0 Å². The molecule has 2 aromatic heterocycles. The van der Waals surface area contributed by atoms with E-state index in [-0.39, 0.29) is 11.7 Å². The van der Waals surface area contributed by atoms with E-state index in [1.165, 1.54) is 6.07 Å². The summed E-state index contributed by atoms with van der Waals surface area (Å²) in [5.41, 5.74) is 1.90. The summed E-state index contributed by atoms with van der Waals surface area (Å²) in [7, 11) is 0. The molecule has 1 amide bonds. The van der Waals surface area contributed by atoms with Crippen LogP contribution in [-0.4, -0.2) is 21.8 Å². The molecule has 24 heavy (non-hydrogen) atoms. The number of benzene rings is 1.